The standard InChI is InChI=1S/C11H21F3N2/c1-9(2)15-5-8-16-6-3-10(4-7-16)11(12,13)14/h9-10,15H,3-8H2,1-2H3. The van der Waals surface area contributed by atoms with E-state index in [1.54, 1.807) is 0 Å². The Morgan fingerprint density at radius 1 is 1.25 bits per heavy atom. The fraction of sp³-hybridized carbons (Fsp3) is 1.00. The molecule has 1 saturated heterocycles. The first-order valence-electron chi connectivity index (χ1n) is 5.92. The maximum atomic E-state index is 12.4. The Morgan fingerprint density at radius 3 is 2.25 bits per heavy atom. The number of alkyl halides is 3. The maximum Gasteiger partial charge on any atom is 0.391 e. The molecule has 0 bridgehead atoms. The van der Waals surface area contributed by atoms with E-state index in [1.807, 2.05) is 0 Å². The minimum absolute atomic E-state index is 0.255. The van der Waals surface area contributed by atoms with Crippen LogP contribution in [0, 0.1) is 5.92 Å². The summed E-state index contributed by atoms with van der Waals surface area (Å²) in [5.41, 5.74) is 0. The number of piperidine rings is 1. The Bertz CT molecular complexity index is 196. The Morgan fingerprint density at radius 2 is 1.81 bits per heavy atom. The number of rotatable bonds is 4. The van der Waals surface area contributed by atoms with Gasteiger partial charge in [0.2, 0.25) is 0 Å². The highest BCUT2D eigenvalue weighted by Crippen LogP contribution is 2.33. The van der Waals surface area contributed by atoms with Crippen LogP contribution in [0.2, 0.25) is 0 Å². The summed E-state index contributed by atoms with van der Waals surface area (Å²) in [4.78, 5) is 2.11. The molecule has 1 N–H and O–H groups in total. The third-order valence-electron chi connectivity index (χ3n) is 3.03. The number of halogens is 3. The molecular weight excluding hydrogens is 217 g/mol. The molecule has 0 spiro atoms. The maximum absolute atomic E-state index is 12.4. The van der Waals surface area contributed by atoms with Crippen LogP contribution in [-0.2, 0) is 0 Å². The average molecular weight is 238 g/mol. The second-order valence-electron chi connectivity index (χ2n) is 4.77. The highest BCUT2D eigenvalue weighted by atomic mass is 19.4. The lowest BCUT2D eigenvalue weighted by atomic mass is 9.96. The summed E-state index contributed by atoms with van der Waals surface area (Å²) in [6, 6.07) is 0.438. The molecule has 16 heavy (non-hydrogen) atoms. The zero-order valence-electron chi connectivity index (χ0n) is 9.98. The van der Waals surface area contributed by atoms with Crippen molar-refractivity contribution in [3.05, 3.63) is 0 Å². The van der Waals surface area contributed by atoms with E-state index in [-0.39, 0.29) is 12.8 Å². The van der Waals surface area contributed by atoms with Crippen molar-refractivity contribution < 1.29 is 13.2 Å². The monoisotopic (exact) mass is 238 g/mol. The van der Waals surface area contributed by atoms with Gasteiger partial charge in [-0.25, -0.2) is 0 Å². The van der Waals surface area contributed by atoms with Gasteiger partial charge in [0, 0.05) is 19.1 Å². The van der Waals surface area contributed by atoms with Crippen LogP contribution in [0.25, 0.3) is 0 Å². The smallest absolute Gasteiger partial charge is 0.313 e. The van der Waals surface area contributed by atoms with Crippen LogP contribution < -0.4 is 5.32 Å². The summed E-state index contributed by atoms with van der Waals surface area (Å²) in [6.45, 7) is 6.98. The van der Waals surface area contributed by atoms with E-state index in [0.717, 1.165) is 13.1 Å². The topological polar surface area (TPSA) is 15.3 Å². The summed E-state index contributed by atoms with van der Waals surface area (Å²) in [6.07, 6.45) is -3.49. The van der Waals surface area contributed by atoms with Crippen molar-refractivity contribution in [1.29, 1.82) is 0 Å². The van der Waals surface area contributed by atoms with Crippen molar-refractivity contribution >= 4 is 0 Å². The Balaban J connectivity index is 2.17. The first-order valence-corrected chi connectivity index (χ1v) is 5.92. The van der Waals surface area contributed by atoms with Gasteiger partial charge in [-0.15, -0.1) is 0 Å². The third-order valence-corrected chi connectivity index (χ3v) is 3.03. The Kier molecular flexibility index (Phi) is 5.05. The molecule has 1 aliphatic heterocycles. The van der Waals surface area contributed by atoms with E-state index < -0.39 is 12.1 Å². The molecule has 0 aromatic rings. The lowest BCUT2D eigenvalue weighted by Gasteiger charge is -2.33. The summed E-state index contributed by atoms with van der Waals surface area (Å²) < 4.78 is 37.2. The molecule has 2 nitrogen and oxygen atoms in total. The third kappa shape index (κ3) is 4.70. The molecule has 0 radical (unpaired) electrons. The van der Waals surface area contributed by atoms with Crippen LogP contribution in [0.1, 0.15) is 26.7 Å². The summed E-state index contributed by atoms with van der Waals surface area (Å²) in [5.74, 6) is -1.08. The molecule has 0 unspecified atom stereocenters. The number of hydrogen-bond donors (Lipinski definition) is 1. The van der Waals surface area contributed by atoms with Gasteiger partial charge in [-0.05, 0) is 25.9 Å². The minimum Gasteiger partial charge on any atom is -0.313 e. The minimum atomic E-state index is -4.00. The van der Waals surface area contributed by atoms with Gasteiger partial charge in [-0.2, -0.15) is 13.2 Å². The first kappa shape index (κ1) is 13.8. The van der Waals surface area contributed by atoms with Crippen molar-refractivity contribution in [2.75, 3.05) is 26.2 Å². The van der Waals surface area contributed by atoms with Gasteiger partial charge in [-0.1, -0.05) is 13.8 Å². The van der Waals surface area contributed by atoms with Crippen LogP contribution >= 0.6 is 0 Å². The highest BCUT2D eigenvalue weighted by molar-refractivity contribution is 4.77. The lowest BCUT2D eigenvalue weighted by molar-refractivity contribution is -0.184. The number of hydrogen-bond acceptors (Lipinski definition) is 2. The SMILES string of the molecule is CC(C)NCCN1CCC(C(F)(F)F)CC1. The van der Waals surface area contributed by atoms with Gasteiger partial charge in [-0.3, -0.25) is 0 Å². The predicted molar refractivity (Wildman–Crippen MR) is 58.4 cm³/mol. The molecule has 1 rings (SSSR count). The van der Waals surface area contributed by atoms with Gasteiger partial charge in [0.25, 0.3) is 0 Å². The van der Waals surface area contributed by atoms with E-state index in [4.69, 9.17) is 0 Å². The fourth-order valence-corrected chi connectivity index (χ4v) is 2.00. The largest absolute Gasteiger partial charge is 0.391 e. The van der Waals surface area contributed by atoms with Crippen LogP contribution in [0.5, 0.6) is 0 Å². The van der Waals surface area contributed by atoms with Crippen molar-refractivity contribution in [1.82, 2.24) is 10.2 Å². The van der Waals surface area contributed by atoms with Crippen molar-refractivity contribution in [2.24, 2.45) is 5.92 Å². The van der Waals surface area contributed by atoms with Crippen LogP contribution in [-0.4, -0.2) is 43.3 Å². The lowest BCUT2D eigenvalue weighted by Crippen LogP contribution is -2.42. The summed E-state index contributed by atoms with van der Waals surface area (Å²) in [7, 11) is 0. The molecule has 5 heteroatoms. The van der Waals surface area contributed by atoms with E-state index >= 15 is 0 Å². The molecule has 0 aromatic heterocycles. The molecule has 1 heterocycles. The highest BCUT2D eigenvalue weighted by Gasteiger charge is 2.40. The van der Waals surface area contributed by atoms with Gasteiger partial charge in [0.1, 0.15) is 0 Å². The second kappa shape index (κ2) is 5.87. The molecule has 0 aliphatic carbocycles. The molecule has 1 fully saturated rings. The molecule has 0 aromatic carbocycles. The summed E-state index contributed by atoms with van der Waals surface area (Å²) in [5, 5.41) is 3.27. The summed E-state index contributed by atoms with van der Waals surface area (Å²) >= 11 is 0. The van der Waals surface area contributed by atoms with E-state index in [2.05, 4.69) is 24.1 Å². The number of nitrogens with zero attached hydrogens (tertiary/aromatic N) is 1. The Hall–Kier alpha value is -0.290. The molecule has 96 valence electrons. The van der Waals surface area contributed by atoms with Gasteiger partial charge >= 0.3 is 6.18 Å². The fourth-order valence-electron chi connectivity index (χ4n) is 2.00. The quantitative estimate of drug-likeness (QED) is 0.808. The van der Waals surface area contributed by atoms with E-state index in [0.29, 0.717) is 19.1 Å². The molecule has 0 amide bonds. The molecule has 0 saturated carbocycles. The van der Waals surface area contributed by atoms with Crippen LogP contribution in [0.4, 0.5) is 13.2 Å². The number of nitrogens with one attached hydrogen (secondary N) is 1. The van der Waals surface area contributed by atoms with Crippen LogP contribution in [0.3, 0.4) is 0 Å². The zero-order valence-corrected chi connectivity index (χ0v) is 9.98. The molecular formula is C11H21F3N2. The van der Waals surface area contributed by atoms with E-state index in [1.165, 1.54) is 0 Å². The molecule has 1 aliphatic rings. The second-order valence-corrected chi connectivity index (χ2v) is 4.77. The Labute approximate surface area is 95.2 Å². The van der Waals surface area contributed by atoms with Crippen molar-refractivity contribution in [2.45, 2.75) is 38.9 Å². The van der Waals surface area contributed by atoms with Crippen molar-refractivity contribution in [3.8, 4) is 0 Å². The van der Waals surface area contributed by atoms with Crippen LogP contribution in [0.15, 0.2) is 0 Å². The normalized spacial score (nSPS) is 20.6. The predicted octanol–water partition coefficient (Wildman–Crippen LogP) is 2.26. The molecule has 0 atom stereocenters. The van der Waals surface area contributed by atoms with E-state index in [9.17, 15) is 13.2 Å². The van der Waals surface area contributed by atoms with Gasteiger partial charge in [0.05, 0.1) is 5.92 Å². The van der Waals surface area contributed by atoms with Crippen molar-refractivity contribution in [3.63, 3.8) is 0 Å². The first-order chi connectivity index (χ1) is 7.39. The van der Waals surface area contributed by atoms with Gasteiger partial charge in [0.15, 0.2) is 0 Å². The van der Waals surface area contributed by atoms with Gasteiger partial charge < -0.3 is 10.2 Å². The zero-order chi connectivity index (χ0) is 12.2. The number of likely N-dealkylation sites (tertiary alicyclic amines) is 1. The average Bonchev–Trinajstić information content (AvgIpc) is 2.16.